The molecule has 2 aromatic rings. The van der Waals surface area contributed by atoms with E-state index in [1.165, 1.54) is 24.9 Å². The Kier molecular flexibility index (Phi) is 4.82. The molecule has 25 heavy (non-hydrogen) atoms. The number of thiocarbonyl (C=S) groups is 1. The van der Waals surface area contributed by atoms with E-state index in [-0.39, 0.29) is 5.56 Å². The van der Waals surface area contributed by atoms with Gasteiger partial charge in [-0.1, -0.05) is 42.2 Å². The number of nitrogens with zero attached hydrogens (tertiary/aromatic N) is 3. The number of hydrogen-bond donors (Lipinski definition) is 0. The van der Waals surface area contributed by atoms with E-state index in [1.54, 1.807) is 14.3 Å². The molecule has 1 aliphatic heterocycles. The zero-order chi connectivity index (χ0) is 18.1. The van der Waals surface area contributed by atoms with E-state index in [1.807, 2.05) is 44.3 Å². The summed E-state index contributed by atoms with van der Waals surface area (Å²) in [6.45, 7) is 1.86. The number of benzene rings is 1. The van der Waals surface area contributed by atoms with Gasteiger partial charge in [-0.3, -0.25) is 14.4 Å². The molecule has 0 aliphatic carbocycles. The monoisotopic (exact) mass is 375 g/mol. The van der Waals surface area contributed by atoms with Crippen LogP contribution in [0.5, 0.6) is 0 Å². The number of hydrogen-bond acceptors (Lipinski definition) is 5. The van der Waals surface area contributed by atoms with Gasteiger partial charge in [-0.05, 0) is 19.1 Å². The number of ether oxygens (including phenoxy) is 1. The Balaban J connectivity index is 2.18. The van der Waals surface area contributed by atoms with Gasteiger partial charge in [0.1, 0.15) is 10.0 Å². The van der Waals surface area contributed by atoms with Gasteiger partial charge in [0.25, 0.3) is 5.56 Å². The van der Waals surface area contributed by atoms with Crippen molar-refractivity contribution in [3.8, 4) is 5.69 Å². The van der Waals surface area contributed by atoms with Crippen molar-refractivity contribution < 1.29 is 9.53 Å². The predicted octanol–water partition coefficient (Wildman–Crippen LogP) is 2.38. The number of rotatable bonds is 3. The maximum absolute atomic E-state index is 13.1. The molecule has 0 unspecified atom stereocenters. The lowest BCUT2D eigenvalue weighted by Crippen LogP contribution is -2.28. The van der Waals surface area contributed by atoms with Gasteiger partial charge in [-0.15, -0.1) is 0 Å². The van der Waals surface area contributed by atoms with E-state index >= 15 is 0 Å². The van der Waals surface area contributed by atoms with Crippen LogP contribution < -0.4 is 10.5 Å². The minimum atomic E-state index is -0.470. The fourth-order valence-corrected chi connectivity index (χ4v) is 3.94. The Morgan fingerprint density at radius 1 is 1.32 bits per heavy atom. The van der Waals surface area contributed by atoms with Gasteiger partial charge in [-0.25, -0.2) is 9.48 Å². The largest absolute Gasteiger partial charge is 0.466 e. The molecule has 1 aliphatic rings. The summed E-state index contributed by atoms with van der Waals surface area (Å²) in [5.41, 5.74) is 2.44. The first-order chi connectivity index (χ1) is 12.0. The van der Waals surface area contributed by atoms with E-state index in [2.05, 4.69) is 0 Å². The first kappa shape index (κ1) is 17.5. The molecule has 1 saturated heterocycles. The maximum Gasteiger partial charge on any atom is 0.332 e. The molecular formula is C17H17N3O3S2. The fraction of sp³-hybridized carbons (Fsp3) is 0.235. The van der Waals surface area contributed by atoms with Crippen LogP contribution in [0, 0.1) is 6.92 Å². The number of para-hydroxylation sites is 1. The summed E-state index contributed by atoms with van der Waals surface area (Å²) in [5, 5.41) is 0. The number of carbonyl (C=O) groups excluding carboxylic acids is 1. The van der Waals surface area contributed by atoms with Crippen LogP contribution in [-0.4, -0.2) is 32.5 Å². The van der Waals surface area contributed by atoms with Gasteiger partial charge in [0.05, 0.1) is 18.5 Å². The van der Waals surface area contributed by atoms with Crippen molar-refractivity contribution in [2.45, 2.75) is 6.92 Å². The van der Waals surface area contributed by atoms with Crippen LogP contribution in [-0.2, 0) is 16.6 Å². The molecule has 130 valence electrons. The topological polar surface area (TPSA) is 56.5 Å². The zero-order valence-electron chi connectivity index (χ0n) is 14.1. The van der Waals surface area contributed by atoms with Gasteiger partial charge in [0.15, 0.2) is 0 Å². The van der Waals surface area contributed by atoms with Crippen molar-refractivity contribution in [1.29, 1.82) is 0 Å². The highest BCUT2D eigenvalue weighted by atomic mass is 32.2. The molecule has 0 saturated carbocycles. The van der Waals surface area contributed by atoms with E-state index in [0.717, 1.165) is 11.4 Å². The molecule has 3 rings (SSSR count). The summed E-state index contributed by atoms with van der Waals surface area (Å²) in [6, 6.07) is 9.39. The van der Waals surface area contributed by atoms with E-state index in [9.17, 15) is 9.59 Å². The van der Waals surface area contributed by atoms with Gasteiger partial charge in [0, 0.05) is 24.6 Å². The van der Waals surface area contributed by atoms with E-state index < -0.39 is 5.97 Å². The molecule has 0 bridgehead atoms. The second-order valence-electron chi connectivity index (χ2n) is 5.46. The molecule has 0 amide bonds. The molecular weight excluding hydrogens is 358 g/mol. The zero-order valence-corrected chi connectivity index (χ0v) is 15.7. The molecule has 8 heteroatoms. The second-order valence-corrected chi connectivity index (χ2v) is 7.07. The summed E-state index contributed by atoms with van der Waals surface area (Å²) in [5.74, 6) is 0.0508. The van der Waals surface area contributed by atoms with Gasteiger partial charge < -0.3 is 4.74 Å². The summed E-state index contributed by atoms with van der Waals surface area (Å²) in [6.07, 6.45) is 1.38. The number of carbonyl (C=O) groups is 1. The molecule has 1 fully saturated rings. The summed E-state index contributed by atoms with van der Waals surface area (Å²) in [4.78, 5) is 26.5. The van der Waals surface area contributed by atoms with Crippen LogP contribution in [0.25, 0.3) is 5.69 Å². The van der Waals surface area contributed by atoms with Crippen molar-refractivity contribution in [3.05, 3.63) is 58.2 Å². The Labute approximate surface area is 154 Å². The molecule has 6 nitrogen and oxygen atoms in total. The second kappa shape index (κ2) is 6.89. The molecule has 1 aromatic carbocycles. The Morgan fingerprint density at radius 2 is 2.00 bits per heavy atom. The van der Waals surface area contributed by atoms with Crippen molar-refractivity contribution in [3.63, 3.8) is 0 Å². The van der Waals surface area contributed by atoms with Gasteiger partial charge in [-0.2, -0.15) is 0 Å². The van der Waals surface area contributed by atoms with Crippen LogP contribution in [0.1, 0.15) is 5.69 Å². The number of anilines is 1. The van der Waals surface area contributed by atoms with Gasteiger partial charge >= 0.3 is 5.97 Å². The third kappa shape index (κ3) is 3.03. The Hall–Kier alpha value is -2.32. The molecule has 2 heterocycles. The standard InChI is InChI=1S/C17H17N3O3S2/c1-11-15(19-13(9-14(21)23-3)10-25-17(19)24)16(22)20(18(11)2)12-7-5-4-6-8-12/h4-9H,10H2,1-3H3. The number of esters is 1. The van der Waals surface area contributed by atoms with Crippen molar-refractivity contribution in [2.75, 3.05) is 17.8 Å². The third-order valence-electron chi connectivity index (χ3n) is 4.05. The summed E-state index contributed by atoms with van der Waals surface area (Å²) in [7, 11) is 3.14. The van der Waals surface area contributed by atoms with Crippen LogP contribution in [0.3, 0.4) is 0 Å². The average Bonchev–Trinajstić information content (AvgIpc) is 3.06. The fourth-order valence-electron chi connectivity index (χ4n) is 2.73. The van der Waals surface area contributed by atoms with Crippen molar-refractivity contribution in [2.24, 2.45) is 7.05 Å². The van der Waals surface area contributed by atoms with E-state index in [0.29, 0.717) is 21.5 Å². The first-order valence-corrected chi connectivity index (χ1v) is 8.94. The Morgan fingerprint density at radius 3 is 2.64 bits per heavy atom. The number of thioether (sulfide) groups is 1. The number of methoxy groups -OCH3 is 1. The minimum absolute atomic E-state index is 0.188. The minimum Gasteiger partial charge on any atom is -0.466 e. The van der Waals surface area contributed by atoms with Crippen molar-refractivity contribution in [1.82, 2.24) is 9.36 Å². The summed E-state index contributed by atoms with van der Waals surface area (Å²) >= 11 is 6.83. The molecule has 0 N–H and O–H groups in total. The van der Waals surface area contributed by atoms with Gasteiger partial charge in [0.2, 0.25) is 0 Å². The lowest BCUT2D eigenvalue weighted by molar-refractivity contribution is -0.134. The maximum atomic E-state index is 13.1. The highest BCUT2D eigenvalue weighted by Gasteiger charge is 2.32. The quantitative estimate of drug-likeness (QED) is 0.466. The smallest absolute Gasteiger partial charge is 0.332 e. The SMILES string of the molecule is COC(=O)C=C1CSC(=S)N1c1c(C)n(C)n(-c2ccccc2)c1=O. The van der Waals surface area contributed by atoms with Crippen molar-refractivity contribution >= 4 is 40.0 Å². The molecule has 0 spiro atoms. The molecule has 1 aromatic heterocycles. The predicted molar refractivity (Wildman–Crippen MR) is 103 cm³/mol. The third-order valence-corrected chi connectivity index (χ3v) is 5.45. The van der Waals surface area contributed by atoms with E-state index in [4.69, 9.17) is 17.0 Å². The first-order valence-electron chi connectivity index (χ1n) is 7.55. The van der Waals surface area contributed by atoms with Crippen LogP contribution in [0.15, 0.2) is 46.9 Å². The normalized spacial score (nSPS) is 15.9. The lowest BCUT2D eigenvalue weighted by Gasteiger charge is -2.17. The number of aromatic nitrogens is 2. The average molecular weight is 375 g/mol. The van der Waals surface area contributed by atoms with Crippen LogP contribution in [0.4, 0.5) is 5.69 Å². The molecule has 0 atom stereocenters. The highest BCUT2D eigenvalue weighted by molar-refractivity contribution is 8.24. The lowest BCUT2D eigenvalue weighted by atomic mass is 10.3. The van der Waals surface area contributed by atoms with Crippen LogP contribution in [0.2, 0.25) is 0 Å². The Bertz CT molecular complexity index is 929. The molecule has 0 radical (unpaired) electrons. The highest BCUT2D eigenvalue weighted by Crippen LogP contribution is 2.33. The van der Waals surface area contributed by atoms with Crippen LogP contribution >= 0.6 is 24.0 Å². The summed E-state index contributed by atoms with van der Waals surface area (Å²) < 4.78 is 8.63.